The SMILES string of the molecule is CC[C@@H](C)NC(=O)c1cc(NC(=O)C2CCCC2)ccc1N1CCCC1. The van der Waals surface area contributed by atoms with E-state index in [1.807, 2.05) is 25.1 Å². The topological polar surface area (TPSA) is 61.4 Å². The number of hydrogen-bond acceptors (Lipinski definition) is 3. The van der Waals surface area contributed by atoms with Crippen LogP contribution in [-0.2, 0) is 4.79 Å². The van der Waals surface area contributed by atoms with Gasteiger partial charge in [-0.3, -0.25) is 9.59 Å². The van der Waals surface area contributed by atoms with Crippen molar-refractivity contribution in [1.29, 1.82) is 0 Å². The Labute approximate surface area is 156 Å². The van der Waals surface area contributed by atoms with Crippen LogP contribution in [0.5, 0.6) is 0 Å². The molecule has 1 saturated carbocycles. The van der Waals surface area contributed by atoms with Gasteiger partial charge in [-0.25, -0.2) is 0 Å². The molecule has 1 aliphatic carbocycles. The van der Waals surface area contributed by atoms with Crippen molar-refractivity contribution in [3.05, 3.63) is 23.8 Å². The fourth-order valence-electron chi connectivity index (χ4n) is 3.87. The lowest BCUT2D eigenvalue weighted by Crippen LogP contribution is -2.33. The summed E-state index contributed by atoms with van der Waals surface area (Å²) in [5, 5.41) is 6.09. The zero-order valence-electron chi connectivity index (χ0n) is 16.0. The van der Waals surface area contributed by atoms with Gasteiger partial charge in [0.1, 0.15) is 0 Å². The molecule has 2 fully saturated rings. The average Bonchev–Trinajstić information content (AvgIpc) is 3.35. The first kappa shape index (κ1) is 18.7. The maximum Gasteiger partial charge on any atom is 0.253 e. The molecule has 1 aromatic rings. The van der Waals surface area contributed by atoms with Crippen molar-refractivity contribution < 1.29 is 9.59 Å². The zero-order valence-corrected chi connectivity index (χ0v) is 16.0. The molecule has 5 heteroatoms. The highest BCUT2D eigenvalue weighted by molar-refractivity contribution is 6.02. The minimum atomic E-state index is -0.0572. The molecule has 0 spiro atoms. The van der Waals surface area contributed by atoms with Crippen molar-refractivity contribution in [2.45, 2.75) is 64.8 Å². The van der Waals surface area contributed by atoms with E-state index in [1.54, 1.807) is 0 Å². The van der Waals surface area contributed by atoms with Gasteiger partial charge in [0.15, 0.2) is 0 Å². The maximum absolute atomic E-state index is 12.8. The summed E-state index contributed by atoms with van der Waals surface area (Å²) in [5.74, 6) is 0.147. The predicted octanol–water partition coefficient (Wildman–Crippen LogP) is 3.94. The van der Waals surface area contributed by atoms with Crippen molar-refractivity contribution in [2.24, 2.45) is 5.92 Å². The fourth-order valence-corrected chi connectivity index (χ4v) is 3.87. The van der Waals surface area contributed by atoms with Crippen LogP contribution in [0.3, 0.4) is 0 Å². The molecule has 0 bridgehead atoms. The third-order valence-corrected chi connectivity index (χ3v) is 5.67. The summed E-state index contributed by atoms with van der Waals surface area (Å²) in [6, 6.07) is 5.89. The molecule has 1 saturated heterocycles. The van der Waals surface area contributed by atoms with Crippen LogP contribution in [0, 0.1) is 5.92 Å². The number of nitrogens with zero attached hydrogens (tertiary/aromatic N) is 1. The van der Waals surface area contributed by atoms with Crippen LogP contribution in [-0.4, -0.2) is 30.9 Å². The number of amides is 2. The van der Waals surface area contributed by atoms with E-state index in [0.29, 0.717) is 5.56 Å². The molecule has 1 aromatic carbocycles. The molecule has 2 amide bonds. The molecular weight excluding hydrogens is 326 g/mol. The molecule has 0 unspecified atom stereocenters. The minimum absolute atomic E-state index is 0.0572. The predicted molar refractivity (Wildman–Crippen MR) is 106 cm³/mol. The molecule has 0 radical (unpaired) electrons. The van der Waals surface area contributed by atoms with Crippen molar-refractivity contribution in [3.63, 3.8) is 0 Å². The van der Waals surface area contributed by atoms with E-state index in [-0.39, 0.29) is 23.8 Å². The van der Waals surface area contributed by atoms with Crippen molar-refractivity contribution in [3.8, 4) is 0 Å². The third-order valence-electron chi connectivity index (χ3n) is 5.67. The van der Waals surface area contributed by atoms with Gasteiger partial charge in [-0.15, -0.1) is 0 Å². The standard InChI is InChI=1S/C21H31N3O2/c1-3-15(2)22-21(26)18-14-17(23-20(25)16-8-4-5-9-16)10-11-19(18)24-12-6-7-13-24/h10-11,14-16H,3-9,12-13H2,1-2H3,(H,22,26)(H,23,25)/t15-/m1/s1. The third kappa shape index (κ3) is 4.37. The number of carbonyl (C=O) groups is 2. The van der Waals surface area contributed by atoms with Crippen LogP contribution in [0.2, 0.25) is 0 Å². The van der Waals surface area contributed by atoms with Gasteiger partial charge < -0.3 is 15.5 Å². The Morgan fingerprint density at radius 3 is 2.50 bits per heavy atom. The summed E-state index contributed by atoms with van der Waals surface area (Å²) in [6.45, 7) is 6.04. The zero-order chi connectivity index (χ0) is 18.5. The molecule has 142 valence electrons. The van der Waals surface area contributed by atoms with E-state index in [4.69, 9.17) is 0 Å². The highest BCUT2D eigenvalue weighted by Crippen LogP contribution is 2.29. The van der Waals surface area contributed by atoms with E-state index >= 15 is 0 Å². The van der Waals surface area contributed by atoms with Gasteiger partial charge in [0.05, 0.1) is 5.56 Å². The van der Waals surface area contributed by atoms with Gasteiger partial charge in [-0.2, -0.15) is 0 Å². The fraction of sp³-hybridized carbons (Fsp3) is 0.619. The lowest BCUT2D eigenvalue weighted by atomic mass is 10.1. The number of hydrogen-bond donors (Lipinski definition) is 2. The summed E-state index contributed by atoms with van der Waals surface area (Å²) < 4.78 is 0. The molecule has 2 aliphatic rings. The average molecular weight is 357 g/mol. The first-order chi connectivity index (χ1) is 12.6. The molecular formula is C21H31N3O2. The summed E-state index contributed by atoms with van der Waals surface area (Å²) >= 11 is 0. The van der Waals surface area contributed by atoms with Crippen LogP contribution in [0.1, 0.15) is 69.2 Å². The Morgan fingerprint density at radius 2 is 1.85 bits per heavy atom. The second-order valence-electron chi connectivity index (χ2n) is 7.68. The second-order valence-corrected chi connectivity index (χ2v) is 7.68. The first-order valence-corrected chi connectivity index (χ1v) is 10.1. The van der Waals surface area contributed by atoms with Gasteiger partial charge in [0.2, 0.25) is 5.91 Å². The number of carbonyl (C=O) groups excluding carboxylic acids is 2. The Hall–Kier alpha value is -2.04. The lowest BCUT2D eigenvalue weighted by Gasteiger charge is -2.23. The Bertz CT molecular complexity index is 647. The van der Waals surface area contributed by atoms with E-state index in [0.717, 1.165) is 69.4 Å². The maximum atomic E-state index is 12.8. The first-order valence-electron chi connectivity index (χ1n) is 10.1. The Balaban J connectivity index is 1.81. The minimum Gasteiger partial charge on any atom is -0.371 e. The Kier molecular flexibility index (Phi) is 6.17. The molecule has 1 atom stereocenters. The highest BCUT2D eigenvalue weighted by Gasteiger charge is 2.24. The Morgan fingerprint density at radius 1 is 1.15 bits per heavy atom. The van der Waals surface area contributed by atoms with Gasteiger partial charge in [-0.05, 0) is 57.2 Å². The molecule has 1 aliphatic heterocycles. The quantitative estimate of drug-likeness (QED) is 0.810. The van der Waals surface area contributed by atoms with Gasteiger partial charge in [0, 0.05) is 36.4 Å². The summed E-state index contributed by atoms with van der Waals surface area (Å²) in [4.78, 5) is 27.5. The normalized spacial score (nSPS) is 18.8. The molecule has 3 rings (SSSR count). The molecule has 1 heterocycles. The van der Waals surface area contributed by atoms with Crippen LogP contribution in [0.25, 0.3) is 0 Å². The monoisotopic (exact) mass is 357 g/mol. The smallest absolute Gasteiger partial charge is 0.253 e. The van der Waals surface area contributed by atoms with Gasteiger partial charge in [0.25, 0.3) is 5.91 Å². The highest BCUT2D eigenvalue weighted by atomic mass is 16.2. The number of rotatable bonds is 6. The van der Waals surface area contributed by atoms with E-state index in [1.165, 1.54) is 0 Å². The lowest BCUT2D eigenvalue weighted by molar-refractivity contribution is -0.119. The van der Waals surface area contributed by atoms with Crippen LogP contribution in [0.15, 0.2) is 18.2 Å². The molecule has 26 heavy (non-hydrogen) atoms. The molecule has 2 N–H and O–H groups in total. The largest absolute Gasteiger partial charge is 0.371 e. The summed E-state index contributed by atoms with van der Waals surface area (Å²) in [5.41, 5.74) is 2.36. The van der Waals surface area contributed by atoms with E-state index < -0.39 is 0 Å². The molecule has 0 aromatic heterocycles. The van der Waals surface area contributed by atoms with Crippen molar-refractivity contribution in [1.82, 2.24) is 5.32 Å². The van der Waals surface area contributed by atoms with Crippen molar-refractivity contribution in [2.75, 3.05) is 23.3 Å². The van der Waals surface area contributed by atoms with Crippen LogP contribution < -0.4 is 15.5 Å². The number of nitrogens with one attached hydrogen (secondary N) is 2. The summed E-state index contributed by atoms with van der Waals surface area (Å²) in [6.07, 6.45) is 7.42. The van der Waals surface area contributed by atoms with Crippen molar-refractivity contribution >= 4 is 23.2 Å². The molecule has 5 nitrogen and oxygen atoms in total. The van der Waals surface area contributed by atoms with E-state index in [2.05, 4.69) is 22.5 Å². The van der Waals surface area contributed by atoms with E-state index in [9.17, 15) is 9.59 Å². The van der Waals surface area contributed by atoms with Gasteiger partial charge >= 0.3 is 0 Å². The summed E-state index contributed by atoms with van der Waals surface area (Å²) in [7, 11) is 0. The number of benzene rings is 1. The second kappa shape index (κ2) is 8.56. The van der Waals surface area contributed by atoms with Crippen LogP contribution in [0.4, 0.5) is 11.4 Å². The van der Waals surface area contributed by atoms with Crippen LogP contribution >= 0.6 is 0 Å². The number of anilines is 2. The van der Waals surface area contributed by atoms with Gasteiger partial charge in [-0.1, -0.05) is 19.8 Å².